The number of nitrogens with one attached hydrogen (secondary N) is 2. The first-order valence-electron chi connectivity index (χ1n) is 7.44. The first-order chi connectivity index (χ1) is 11.9. The first-order valence-corrected chi connectivity index (χ1v) is 8.42. The van der Waals surface area contributed by atoms with E-state index in [0.29, 0.717) is 11.7 Å². The zero-order valence-electron chi connectivity index (χ0n) is 13.3. The van der Waals surface area contributed by atoms with Gasteiger partial charge in [0.15, 0.2) is 5.16 Å². The van der Waals surface area contributed by atoms with Gasteiger partial charge in [0, 0.05) is 18.3 Å². The fourth-order valence-electron chi connectivity index (χ4n) is 1.98. The lowest BCUT2D eigenvalue weighted by Gasteiger charge is -2.06. The minimum absolute atomic E-state index is 0.0540. The van der Waals surface area contributed by atoms with Gasteiger partial charge in [0.25, 0.3) is 0 Å². The third kappa shape index (κ3) is 4.89. The van der Waals surface area contributed by atoms with Gasteiger partial charge in [0.05, 0.1) is 10.7 Å². The highest BCUT2D eigenvalue weighted by Crippen LogP contribution is 2.22. The molecular formula is C14H16FN5O4S. The maximum Gasteiger partial charge on any atom is 0.343 e. The summed E-state index contributed by atoms with van der Waals surface area (Å²) < 4.78 is 14.7. The summed E-state index contributed by atoms with van der Waals surface area (Å²) in [5, 5.41) is 19.7. The third-order valence-electron chi connectivity index (χ3n) is 3.22. The molecule has 9 nitrogen and oxygen atoms in total. The Kier molecular flexibility index (Phi) is 6.28. The summed E-state index contributed by atoms with van der Waals surface area (Å²) in [7, 11) is 0. The molecule has 11 heteroatoms. The van der Waals surface area contributed by atoms with Gasteiger partial charge in [-0.25, -0.2) is 9.89 Å². The Hall–Kier alpha value is -2.69. The number of hydrogen-bond donors (Lipinski definition) is 2. The molecule has 1 heterocycles. The van der Waals surface area contributed by atoms with E-state index in [1.807, 2.05) is 6.92 Å². The zero-order chi connectivity index (χ0) is 18.4. The second kappa shape index (κ2) is 8.42. The third-order valence-corrected chi connectivity index (χ3v) is 4.19. The summed E-state index contributed by atoms with van der Waals surface area (Å²) >= 11 is 1.06. The number of aromatic amines is 1. The van der Waals surface area contributed by atoms with Crippen molar-refractivity contribution in [1.29, 1.82) is 0 Å². The largest absolute Gasteiger partial charge is 0.343 e. The zero-order valence-corrected chi connectivity index (χ0v) is 14.1. The minimum atomic E-state index is -0.978. The molecule has 0 aliphatic carbocycles. The lowest BCUT2D eigenvalue weighted by atomic mass is 10.2. The number of amides is 1. The van der Waals surface area contributed by atoms with E-state index >= 15 is 0 Å². The monoisotopic (exact) mass is 369 g/mol. The Morgan fingerprint density at radius 1 is 1.52 bits per heavy atom. The maximum atomic E-state index is 13.3. The molecule has 0 radical (unpaired) electrons. The highest BCUT2D eigenvalue weighted by molar-refractivity contribution is 7.99. The number of hydrogen-bond acceptors (Lipinski definition) is 6. The van der Waals surface area contributed by atoms with E-state index in [4.69, 9.17) is 0 Å². The fourth-order valence-corrected chi connectivity index (χ4v) is 2.76. The summed E-state index contributed by atoms with van der Waals surface area (Å²) in [6.45, 7) is 2.49. The van der Waals surface area contributed by atoms with Gasteiger partial charge in [-0.2, -0.15) is 4.39 Å². The van der Waals surface area contributed by atoms with Gasteiger partial charge < -0.3 is 5.32 Å². The molecule has 0 unspecified atom stereocenters. The average molecular weight is 369 g/mol. The van der Waals surface area contributed by atoms with Crippen molar-refractivity contribution < 1.29 is 14.1 Å². The molecule has 0 spiro atoms. The van der Waals surface area contributed by atoms with E-state index < -0.39 is 22.3 Å². The van der Waals surface area contributed by atoms with Crippen molar-refractivity contribution in [2.45, 2.75) is 31.5 Å². The molecule has 1 aromatic heterocycles. The highest BCUT2D eigenvalue weighted by Gasteiger charge is 2.16. The Bertz CT molecular complexity index is 835. The van der Waals surface area contributed by atoms with Crippen LogP contribution in [-0.2, 0) is 11.3 Å². The van der Waals surface area contributed by atoms with Gasteiger partial charge in [-0.05, 0) is 18.6 Å². The number of aromatic nitrogens is 3. The Morgan fingerprint density at radius 2 is 2.28 bits per heavy atom. The van der Waals surface area contributed by atoms with Crippen molar-refractivity contribution in [1.82, 2.24) is 14.8 Å². The number of halogens is 1. The molecule has 0 saturated carbocycles. The van der Waals surface area contributed by atoms with E-state index in [-0.39, 0.29) is 17.1 Å². The standard InChI is InChI=1S/C14H16FN5O4S/c1-2-3-6-19-13(22)17-18-14(19)25-8-12(21)16-9-4-5-10(15)11(7-9)20(23)24/h4-5,7H,2-3,6,8H2,1H3,(H,16,21)(H,17,22). The van der Waals surface area contributed by atoms with Crippen LogP contribution in [0.1, 0.15) is 19.8 Å². The van der Waals surface area contributed by atoms with Gasteiger partial charge in [0.1, 0.15) is 0 Å². The van der Waals surface area contributed by atoms with Crippen molar-refractivity contribution in [2.24, 2.45) is 0 Å². The van der Waals surface area contributed by atoms with Crippen LogP contribution in [0.2, 0.25) is 0 Å². The molecule has 0 saturated heterocycles. The SMILES string of the molecule is CCCCn1c(SCC(=O)Nc2ccc(F)c([N+](=O)[O-])c2)n[nH]c1=O. The summed E-state index contributed by atoms with van der Waals surface area (Å²) in [6, 6.07) is 3.09. The highest BCUT2D eigenvalue weighted by atomic mass is 32.2. The number of unbranched alkanes of at least 4 members (excludes halogenated alkanes) is 1. The predicted molar refractivity (Wildman–Crippen MR) is 90.2 cm³/mol. The molecule has 0 aliphatic heterocycles. The molecule has 134 valence electrons. The smallest absolute Gasteiger partial charge is 0.325 e. The van der Waals surface area contributed by atoms with E-state index in [0.717, 1.165) is 36.7 Å². The van der Waals surface area contributed by atoms with Gasteiger partial charge in [-0.15, -0.1) is 5.10 Å². The van der Waals surface area contributed by atoms with Crippen LogP contribution in [0.3, 0.4) is 0 Å². The molecule has 0 bridgehead atoms. The van der Waals surface area contributed by atoms with Crippen molar-refractivity contribution >= 4 is 29.0 Å². The van der Waals surface area contributed by atoms with Crippen LogP contribution in [-0.4, -0.2) is 31.3 Å². The lowest BCUT2D eigenvalue weighted by molar-refractivity contribution is -0.387. The number of carbonyl (C=O) groups excluding carboxylic acids is 1. The number of anilines is 1. The van der Waals surface area contributed by atoms with E-state index in [9.17, 15) is 24.1 Å². The van der Waals surface area contributed by atoms with Crippen molar-refractivity contribution in [3.05, 3.63) is 44.6 Å². The molecule has 2 rings (SSSR count). The molecule has 1 amide bonds. The Labute approximate surface area is 145 Å². The van der Waals surface area contributed by atoms with Crippen molar-refractivity contribution in [2.75, 3.05) is 11.1 Å². The summed E-state index contributed by atoms with van der Waals surface area (Å²) in [5.41, 5.74) is -0.944. The maximum absolute atomic E-state index is 13.3. The van der Waals surface area contributed by atoms with Gasteiger partial charge >= 0.3 is 11.4 Å². The van der Waals surface area contributed by atoms with E-state index in [2.05, 4.69) is 15.5 Å². The number of nitrogens with zero attached hydrogens (tertiary/aromatic N) is 3. The Morgan fingerprint density at radius 3 is 2.96 bits per heavy atom. The van der Waals surface area contributed by atoms with Crippen molar-refractivity contribution in [3.8, 4) is 0 Å². The van der Waals surface area contributed by atoms with Gasteiger partial charge in [-0.1, -0.05) is 25.1 Å². The average Bonchev–Trinajstić information content (AvgIpc) is 2.92. The van der Waals surface area contributed by atoms with Crippen LogP contribution in [0, 0.1) is 15.9 Å². The van der Waals surface area contributed by atoms with Crippen LogP contribution in [0.5, 0.6) is 0 Å². The van der Waals surface area contributed by atoms with Crippen LogP contribution >= 0.6 is 11.8 Å². The van der Waals surface area contributed by atoms with Crippen molar-refractivity contribution in [3.63, 3.8) is 0 Å². The minimum Gasteiger partial charge on any atom is -0.325 e. The lowest BCUT2D eigenvalue weighted by Crippen LogP contribution is -2.19. The fraction of sp³-hybridized carbons (Fsp3) is 0.357. The van der Waals surface area contributed by atoms with Crippen LogP contribution in [0.25, 0.3) is 0 Å². The van der Waals surface area contributed by atoms with E-state index in [1.165, 1.54) is 10.6 Å². The number of thioether (sulfide) groups is 1. The second-order valence-electron chi connectivity index (χ2n) is 5.08. The quantitative estimate of drug-likeness (QED) is 0.417. The van der Waals surface area contributed by atoms with Crippen LogP contribution in [0.4, 0.5) is 15.8 Å². The number of nitro benzene ring substituents is 1. The first kappa shape index (κ1) is 18.6. The number of rotatable bonds is 8. The molecule has 1 aromatic carbocycles. The molecule has 0 atom stereocenters. The normalized spacial score (nSPS) is 10.6. The van der Waals surface area contributed by atoms with Gasteiger partial charge in [-0.3, -0.25) is 19.5 Å². The second-order valence-corrected chi connectivity index (χ2v) is 6.02. The number of H-pyrrole nitrogens is 1. The number of nitro groups is 1. The molecule has 2 N–H and O–H groups in total. The summed E-state index contributed by atoms with van der Waals surface area (Å²) in [4.78, 5) is 33.4. The molecule has 0 fully saturated rings. The summed E-state index contributed by atoms with van der Waals surface area (Å²) in [5.74, 6) is -1.49. The molecule has 0 aliphatic rings. The molecular weight excluding hydrogens is 353 g/mol. The predicted octanol–water partition coefficient (Wildman–Crippen LogP) is 2.15. The number of carbonyl (C=O) groups is 1. The van der Waals surface area contributed by atoms with Crippen LogP contribution in [0.15, 0.2) is 28.2 Å². The van der Waals surface area contributed by atoms with E-state index in [1.54, 1.807) is 0 Å². The molecule has 2 aromatic rings. The Balaban J connectivity index is 1.99. The topological polar surface area (TPSA) is 123 Å². The van der Waals surface area contributed by atoms with Gasteiger partial charge in [0.2, 0.25) is 11.7 Å². The van der Waals surface area contributed by atoms with Crippen LogP contribution < -0.4 is 11.0 Å². The summed E-state index contributed by atoms with van der Waals surface area (Å²) in [6.07, 6.45) is 1.71. The molecule has 25 heavy (non-hydrogen) atoms. The number of benzene rings is 1.